The first-order valence-corrected chi connectivity index (χ1v) is 8.08. The molecular weight excluding hydrogens is 311 g/mol. The molecule has 1 saturated carbocycles. The molecule has 0 aromatic heterocycles. The SMILES string of the molecule is C=CC(=O)N(C)CC(=O)N[C@H]1CC2(CCC2)Oc2ccc(F)cc21. The Kier molecular flexibility index (Phi) is 4.30. The number of hydrogen-bond donors (Lipinski definition) is 1. The van der Waals surface area contributed by atoms with Gasteiger partial charge in [0.2, 0.25) is 11.8 Å². The van der Waals surface area contributed by atoms with E-state index in [1.54, 1.807) is 6.07 Å². The molecule has 2 amide bonds. The number of amides is 2. The Morgan fingerprint density at radius 3 is 2.88 bits per heavy atom. The molecule has 24 heavy (non-hydrogen) atoms. The zero-order valence-corrected chi connectivity index (χ0v) is 13.7. The maximum absolute atomic E-state index is 13.6. The number of fused-ring (bicyclic) bond motifs is 1. The maximum atomic E-state index is 13.6. The molecule has 0 bridgehead atoms. The van der Waals surface area contributed by atoms with Crippen molar-refractivity contribution in [2.45, 2.75) is 37.3 Å². The van der Waals surface area contributed by atoms with Crippen molar-refractivity contribution in [2.75, 3.05) is 13.6 Å². The van der Waals surface area contributed by atoms with E-state index in [0.717, 1.165) is 25.3 Å². The molecule has 1 aromatic carbocycles. The third-order valence-electron chi connectivity index (χ3n) is 4.78. The lowest BCUT2D eigenvalue weighted by Crippen LogP contribution is -2.50. The van der Waals surface area contributed by atoms with Gasteiger partial charge < -0.3 is 15.0 Å². The molecule has 1 aliphatic heterocycles. The summed E-state index contributed by atoms with van der Waals surface area (Å²) in [6.45, 7) is 3.33. The molecule has 3 rings (SSSR count). The van der Waals surface area contributed by atoms with Crippen molar-refractivity contribution in [3.63, 3.8) is 0 Å². The number of nitrogens with one attached hydrogen (secondary N) is 1. The highest BCUT2D eigenvalue weighted by Crippen LogP contribution is 2.48. The molecule has 1 atom stereocenters. The number of rotatable bonds is 4. The molecule has 0 unspecified atom stereocenters. The Bertz CT molecular complexity index is 685. The quantitative estimate of drug-likeness (QED) is 0.861. The van der Waals surface area contributed by atoms with E-state index in [0.29, 0.717) is 17.7 Å². The van der Waals surface area contributed by atoms with E-state index in [9.17, 15) is 14.0 Å². The van der Waals surface area contributed by atoms with Gasteiger partial charge in [-0.1, -0.05) is 6.58 Å². The van der Waals surface area contributed by atoms with Gasteiger partial charge in [0.15, 0.2) is 0 Å². The number of benzene rings is 1. The molecule has 0 radical (unpaired) electrons. The summed E-state index contributed by atoms with van der Waals surface area (Å²) < 4.78 is 19.7. The van der Waals surface area contributed by atoms with Crippen LogP contribution in [0.4, 0.5) is 4.39 Å². The fourth-order valence-corrected chi connectivity index (χ4v) is 3.34. The first kappa shape index (κ1) is 16.5. The van der Waals surface area contributed by atoms with E-state index in [4.69, 9.17) is 4.74 Å². The fraction of sp³-hybridized carbons (Fsp3) is 0.444. The molecule has 1 aromatic rings. The molecule has 128 valence electrons. The summed E-state index contributed by atoms with van der Waals surface area (Å²) in [6, 6.07) is 4.08. The van der Waals surface area contributed by atoms with Gasteiger partial charge in [-0.15, -0.1) is 0 Å². The topological polar surface area (TPSA) is 58.6 Å². The second kappa shape index (κ2) is 6.26. The molecule has 1 aliphatic carbocycles. The molecule has 5 nitrogen and oxygen atoms in total. The van der Waals surface area contributed by atoms with Gasteiger partial charge in [-0.05, 0) is 43.5 Å². The van der Waals surface area contributed by atoms with Crippen LogP contribution in [0.2, 0.25) is 0 Å². The zero-order chi connectivity index (χ0) is 17.3. The first-order valence-electron chi connectivity index (χ1n) is 8.08. The largest absolute Gasteiger partial charge is 0.487 e. The summed E-state index contributed by atoms with van der Waals surface area (Å²) in [5, 5.41) is 2.92. The van der Waals surface area contributed by atoms with Crippen molar-refractivity contribution in [2.24, 2.45) is 0 Å². The summed E-state index contributed by atoms with van der Waals surface area (Å²) in [5.74, 6) is -0.341. The first-order chi connectivity index (χ1) is 11.4. The van der Waals surface area contributed by atoms with Crippen molar-refractivity contribution in [1.82, 2.24) is 10.2 Å². The van der Waals surface area contributed by atoms with Crippen molar-refractivity contribution < 1.29 is 18.7 Å². The third kappa shape index (κ3) is 3.13. The van der Waals surface area contributed by atoms with Gasteiger partial charge >= 0.3 is 0 Å². The minimum absolute atomic E-state index is 0.0696. The van der Waals surface area contributed by atoms with Gasteiger partial charge in [0.05, 0.1) is 12.6 Å². The van der Waals surface area contributed by atoms with E-state index in [1.807, 2.05) is 0 Å². The van der Waals surface area contributed by atoms with Crippen molar-refractivity contribution in [1.29, 1.82) is 0 Å². The smallest absolute Gasteiger partial charge is 0.246 e. The van der Waals surface area contributed by atoms with Gasteiger partial charge in [0.1, 0.15) is 17.2 Å². The van der Waals surface area contributed by atoms with Crippen molar-refractivity contribution in [3.8, 4) is 5.75 Å². The number of hydrogen-bond acceptors (Lipinski definition) is 3. The van der Waals surface area contributed by atoms with Crippen LogP contribution in [0.1, 0.15) is 37.3 Å². The van der Waals surface area contributed by atoms with Crippen LogP contribution in [0.5, 0.6) is 5.75 Å². The van der Waals surface area contributed by atoms with Crippen LogP contribution in [0.3, 0.4) is 0 Å². The van der Waals surface area contributed by atoms with Crippen LogP contribution in [-0.4, -0.2) is 35.9 Å². The normalized spacial score (nSPS) is 20.3. The zero-order valence-electron chi connectivity index (χ0n) is 13.7. The standard InChI is InChI=1S/C18H21FN2O3/c1-3-17(23)21(2)11-16(22)20-14-10-18(7-4-8-18)24-15-6-5-12(19)9-13(14)15/h3,5-6,9,14H,1,4,7-8,10-11H2,2H3,(H,20,22)/t14-/m0/s1. The lowest BCUT2D eigenvalue weighted by molar-refractivity contribution is -0.132. The fourth-order valence-electron chi connectivity index (χ4n) is 3.34. The average Bonchev–Trinajstić information content (AvgIpc) is 2.52. The van der Waals surface area contributed by atoms with E-state index in [1.165, 1.54) is 24.1 Å². The highest BCUT2D eigenvalue weighted by atomic mass is 19.1. The van der Waals surface area contributed by atoms with Crippen molar-refractivity contribution in [3.05, 3.63) is 42.2 Å². The van der Waals surface area contributed by atoms with E-state index in [-0.39, 0.29) is 35.8 Å². The van der Waals surface area contributed by atoms with Crippen LogP contribution in [0.25, 0.3) is 0 Å². The number of carbonyl (C=O) groups is 2. The van der Waals surface area contributed by atoms with E-state index >= 15 is 0 Å². The van der Waals surface area contributed by atoms with E-state index < -0.39 is 0 Å². The van der Waals surface area contributed by atoms with Gasteiger partial charge in [0.25, 0.3) is 0 Å². The number of likely N-dealkylation sites (N-methyl/N-ethyl adjacent to an activating group) is 1. The monoisotopic (exact) mass is 332 g/mol. The van der Waals surface area contributed by atoms with Crippen LogP contribution < -0.4 is 10.1 Å². The number of ether oxygens (including phenoxy) is 1. The summed E-state index contributed by atoms with van der Waals surface area (Å²) in [6.07, 6.45) is 4.74. The van der Waals surface area contributed by atoms with Crippen LogP contribution >= 0.6 is 0 Å². The van der Waals surface area contributed by atoms with Gasteiger partial charge in [-0.2, -0.15) is 0 Å². The minimum Gasteiger partial charge on any atom is -0.487 e. The summed E-state index contributed by atoms with van der Waals surface area (Å²) >= 11 is 0. The molecule has 1 heterocycles. The predicted octanol–water partition coefficient (Wildman–Crippen LogP) is 2.33. The Balaban J connectivity index is 1.76. The van der Waals surface area contributed by atoms with E-state index in [2.05, 4.69) is 11.9 Å². The predicted molar refractivity (Wildman–Crippen MR) is 86.9 cm³/mol. The minimum atomic E-state index is -0.361. The van der Waals surface area contributed by atoms with Crippen LogP contribution in [0.15, 0.2) is 30.9 Å². The Morgan fingerprint density at radius 1 is 1.50 bits per heavy atom. The Hall–Kier alpha value is -2.37. The molecule has 1 fully saturated rings. The third-order valence-corrected chi connectivity index (χ3v) is 4.78. The lowest BCUT2D eigenvalue weighted by Gasteiger charge is -2.48. The second-order valence-corrected chi connectivity index (χ2v) is 6.54. The van der Waals surface area contributed by atoms with Gasteiger partial charge in [-0.3, -0.25) is 9.59 Å². The average molecular weight is 332 g/mol. The summed E-state index contributed by atoms with van der Waals surface area (Å²) in [7, 11) is 1.54. The highest BCUT2D eigenvalue weighted by Gasteiger charge is 2.46. The number of carbonyl (C=O) groups excluding carboxylic acids is 2. The maximum Gasteiger partial charge on any atom is 0.246 e. The molecular formula is C18H21FN2O3. The molecule has 0 saturated heterocycles. The van der Waals surface area contributed by atoms with Crippen molar-refractivity contribution >= 4 is 11.8 Å². The number of halogens is 1. The molecule has 2 aliphatic rings. The number of nitrogens with zero attached hydrogens (tertiary/aromatic N) is 1. The molecule has 1 spiro atoms. The van der Waals surface area contributed by atoms with Crippen LogP contribution in [0, 0.1) is 5.82 Å². The highest BCUT2D eigenvalue weighted by molar-refractivity contribution is 5.90. The molecule has 1 N–H and O–H groups in total. The Labute approximate surface area is 140 Å². The molecule has 6 heteroatoms. The van der Waals surface area contributed by atoms with Gasteiger partial charge in [0, 0.05) is 19.0 Å². The Morgan fingerprint density at radius 2 is 2.25 bits per heavy atom. The van der Waals surface area contributed by atoms with Gasteiger partial charge in [-0.25, -0.2) is 4.39 Å². The summed E-state index contributed by atoms with van der Waals surface area (Å²) in [4.78, 5) is 25.1. The lowest BCUT2D eigenvalue weighted by atomic mass is 9.73. The summed E-state index contributed by atoms with van der Waals surface area (Å²) in [5.41, 5.74) is 0.393. The van der Waals surface area contributed by atoms with Crippen LogP contribution in [-0.2, 0) is 9.59 Å². The second-order valence-electron chi connectivity index (χ2n) is 6.54.